The fourth-order valence-corrected chi connectivity index (χ4v) is 2.93. The largest absolute Gasteiger partial charge is 0.396 e. The van der Waals surface area contributed by atoms with E-state index in [4.69, 9.17) is 5.11 Å². The number of carbonyl (C=O) groups is 1. The third-order valence-electron chi connectivity index (χ3n) is 2.79. The van der Waals surface area contributed by atoms with Crippen molar-refractivity contribution in [2.75, 3.05) is 6.61 Å². The molecule has 18 heavy (non-hydrogen) atoms. The predicted octanol–water partition coefficient (Wildman–Crippen LogP) is 1.35. The lowest BCUT2D eigenvalue weighted by Gasteiger charge is -2.03. The molecule has 0 bridgehead atoms. The van der Waals surface area contributed by atoms with Crippen molar-refractivity contribution >= 4 is 27.3 Å². The Labute approximate surface area is 108 Å². The molecule has 0 aliphatic heterocycles. The van der Waals surface area contributed by atoms with Gasteiger partial charge in [0.05, 0.1) is 16.6 Å². The summed E-state index contributed by atoms with van der Waals surface area (Å²) in [5.74, 6) is -0.0446. The van der Waals surface area contributed by atoms with Gasteiger partial charge < -0.3 is 5.11 Å². The van der Waals surface area contributed by atoms with Gasteiger partial charge in [-0.2, -0.15) is 0 Å². The summed E-state index contributed by atoms with van der Waals surface area (Å²) in [4.78, 5) is 29.1. The molecule has 0 saturated heterocycles. The van der Waals surface area contributed by atoms with Crippen LogP contribution in [-0.2, 0) is 6.54 Å². The zero-order chi connectivity index (χ0) is 13.3. The fourth-order valence-electron chi connectivity index (χ4n) is 1.90. The molecule has 6 heteroatoms. The standard InChI is InChI=1S/C12H14N2O3S/c1-7-9-11(18-10(7)8(2)16)13-6-14(12(9)17)4-3-5-15/h6,15H,3-5H2,1-2H3. The summed E-state index contributed by atoms with van der Waals surface area (Å²) >= 11 is 1.26. The van der Waals surface area contributed by atoms with Gasteiger partial charge in [0.1, 0.15) is 4.83 Å². The summed E-state index contributed by atoms with van der Waals surface area (Å²) in [7, 11) is 0. The van der Waals surface area contributed by atoms with Gasteiger partial charge in [-0.05, 0) is 25.8 Å². The number of aliphatic hydroxyl groups excluding tert-OH is 1. The van der Waals surface area contributed by atoms with Crippen LogP contribution in [0.5, 0.6) is 0 Å². The predicted molar refractivity (Wildman–Crippen MR) is 70.3 cm³/mol. The molecule has 0 unspecified atom stereocenters. The summed E-state index contributed by atoms with van der Waals surface area (Å²) in [6, 6.07) is 0. The monoisotopic (exact) mass is 266 g/mol. The zero-order valence-corrected chi connectivity index (χ0v) is 11.1. The third-order valence-corrected chi connectivity index (χ3v) is 4.09. The Hall–Kier alpha value is -1.53. The van der Waals surface area contributed by atoms with Crippen molar-refractivity contribution in [3.8, 4) is 0 Å². The van der Waals surface area contributed by atoms with E-state index < -0.39 is 0 Å². The second-order valence-corrected chi connectivity index (χ2v) is 5.11. The highest BCUT2D eigenvalue weighted by Gasteiger charge is 2.16. The summed E-state index contributed by atoms with van der Waals surface area (Å²) in [6.07, 6.45) is 1.98. The van der Waals surface area contributed by atoms with Crippen molar-refractivity contribution in [1.82, 2.24) is 9.55 Å². The first-order valence-corrected chi connectivity index (χ1v) is 6.48. The van der Waals surface area contributed by atoms with Crippen LogP contribution in [0, 0.1) is 6.92 Å². The number of ketones is 1. The molecule has 2 aromatic rings. The molecule has 0 aliphatic rings. The summed E-state index contributed by atoms with van der Waals surface area (Å²) in [5, 5.41) is 9.30. The van der Waals surface area contributed by atoms with Gasteiger partial charge in [0, 0.05) is 13.2 Å². The van der Waals surface area contributed by atoms with Crippen LogP contribution in [0.15, 0.2) is 11.1 Å². The smallest absolute Gasteiger partial charge is 0.262 e. The SMILES string of the molecule is CC(=O)c1sc2ncn(CCCO)c(=O)c2c1C. The lowest BCUT2D eigenvalue weighted by molar-refractivity contribution is 0.102. The van der Waals surface area contributed by atoms with Gasteiger partial charge >= 0.3 is 0 Å². The molecule has 0 aliphatic carbocycles. The number of aryl methyl sites for hydroxylation is 2. The van der Waals surface area contributed by atoms with Crippen molar-refractivity contribution < 1.29 is 9.90 Å². The van der Waals surface area contributed by atoms with E-state index in [-0.39, 0.29) is 17.9 Å². The van der Waals surface area contributed by atoms with Crippen LogP contribution in [0.1, 0.15) is 28.6 Å². The number of rotatable bonds is 4. The van der Waals surface area contributed by atoms with Gasteiger partial charge in [-0.3, -0.25) is 14.2 Å². The van der Waals surface area contributed by atoms with E-state index in [1.54, 1.807) is 6.92 Å². The van der Waals surface area contributed by atoms with Gasteiger partial charge in [0.15, 0.2) is 5.78 Å². The van der Waals surface area contributed by atoms with Crippen LogP contribution in [0.2, 0.25) is 0 Å². The summed E-state index contributed by atoms with van der Waals surface area (Å²) < 4.78 is 1.47. The molecular formula is C12H14N2O3S. The topological polar surface area (TPSA) is 72.2 Å². The van der Waals surface area contributed by atoms with Gasteiger partial charge in [0.25, 0.3) is 5.56 Å². The minimum absolute atomic E-state index is 0.0335. The van der Waals surface area contributed by atoms with E-state index in [1.807, 2.05) is 0 Å². The molecule has 0 radical (unpaired) electrons. The van der Waals surface area contributed by atoms with Crippen LogP contribution >= 0.6 is 11.3 Å². The number of Topliss-reactive ketones (excluding diaryl/α,β-unsaturated/α-hetero) is 1. The van der Waals surface area contributed by atoms with Crippen molar-refractivity contribution in [3.05, 3.63) is 27.1 Å². The Bertz CT molecular complexity index is 657. The summed E-state index contributed by atoms with van der Waals surface area (Å²) in [5.41, 5.74) is 0.563. The van der Waals surface area contributed by atoms with Gasteiger partial charge in [0.2, 0.25) is 0 Å². The first-order valence-electron chi connectivity index (χ1n) is 5.66. The van der Waals surface area contributed by atoms with Crippen molar-refractivity contribution in [2.45, 2.75) is 26.8 Å². The van der Waals surface area contributed by atoms with E-state index >= 15 is 0 Å². The van der Waals surface area contributed by atoms with Gasteiger partial charge in [-0.1, -0.05) is 0 Å². The maximum Gasteiger partial charge on any atom is 0.262 e. The number of hydrogen-bond acceptors (Lipinski definition) is 5. The normalized spacial score (nSPS) is 11.1. The molecule has 5 nitrogen and oxygen atoms in total. The van der Waals surface area contributed by atoms with Crippen molar-refractivity contribution in [1.29, 1.82) is 0 Å². The first kappa shape index (κ1) is 12.9. The molecule has 96 valence electrons. The number of aliphatic hydroxyl groups is 1. The first-order chi connectivity index (χ1) is 8.56. The Morgan fingerprint density at radius 1 is 1.56 bits per heavy atom. The maximum atomic E-state index is 12.2. The third kappa shape index (κ3) is 2.09. The average Bonchev–Trinajstić information content (AvgIpc) is 2.67. The molecule has 2 rings (SSSR count). The molecule has 0 atom stereocenters. The zero-order valence-electron chi connectivity index (χ0n) is 10.3. The Morgan fingerprint density at radius 3 is 2.89 bits per heavy atom. The highest BCUT2D eigenvalue weighted by atomic mass is 32.1. The second-order valence-electron chi connectivity index (χ2n) is 4.11. The van der Waals surface area contributed by atoms with Crippen LogP contribution in [0.3, 0.4) is 0 Å². The Balaban J connectivity index is 2.63. The molecule has 2 heterocycles. The number of thiophene rings is 1. The highest BCUT2D eigenvalue weighted by molar-refractivity contribution is 7.20. The number of hydrogen-bond donors (Lipinski definition) is 1. The Morgan fingerprint density at radius 2 is 2.28 bits per heavy atom. The van der Waals surface area contributed by atoms with E-state index in [0.29, 0.717) is 33.6 Å². The molecule has 0 aromatic carbocycles. The maximum absolute atomic E-state index is 12.2. The molecule has 2 aromatic heterocycles. The molecule has 1 N–H and O–H groups in total. The molecule has 0 spiro atoms. The number of nitrogens with zero attached hydrogens (tertiary/aromatic N) is 2. The molecule has 0 saturated carbocycles. The van der Waals surface area contributed by atoms with Crippen molar-refractivity contribution in [3.63, 3.8) is 0 Å². The van der Waals surface area contributed by atoms with Crippen LogP contribution in [0.4, 0.5) is 0 Å². The van der Waals surface area contributed by atoms with Gasteiger partial charge in [-0.25, -0.2) is 4.98 Å². The second kappa shape index (κ2) is 4.99. The summed E-state index contributed by atoms with van der Waals surface area (Å²) in [6.45, 7) is 3.73. The van der Waals surface area contributed by atoms with E-state index in [0.717, 1.165) is 0 Å². The van der Waals surface area contributed by atoms with Crippen LogP contribution in [0.25, 0.3) is 10.2 Å². The number of carbonyl (C=O) groups excluding carboxylic acids is 1. The number of aromatic nitrogens is 2. The highest BCUT2D eigenvalue weighted by Crippen LogP contribution is 2.26. The quantitative estimate of drug-likeness (QED) is 0.848. The van der Waals surface area contributed by atoms with Crippen molar-refractivity contribution in [2.24, 2.45) is 0 Å². The molecule has 0 fully saturated rings. The molecule has 0 amide bonds. The van der Waals surface area contributed by atoms with Crippen LogP contribution < -0.4 is 5.56 Å². The Kier molecular flexibility index (Phi) is 3.58. The minimum Gasteiger partial charge on any atom is -0.396 e. The average molecular weight is 266 g/mol. The van der Waals surface area contributed by atoms with E-state index in [1.165, 1.54) is 29.2 Å². The van der Waals surface area contributed by atoms with Gasteiger partial charge in [-0.15, -0.1) is 11.3 Å². The van der Waals surface area contributed by atoms with Crippen LogP contribution in [-0.4, -0.2) is 27.0 Å². The molecular weight excluding hydrogens is 252 g/mol. The lowest BCUT2D eigenvalue weighted by atomic mass is 10.2. The van der Waals surface area contributed by atoms with E-state index in [9.17, 15) is 9.59 Å². The minimum atomic E-state index is -0.144. The fraction of sp³-hybridized carbons (Fsp3) is 0.417. The number of fused-ring (bicyclic) bond motifs is 1. The lowest BCUT2D eigenvalue weighted by Crippen LogP contribution is -2.21. The van der Waals surface area contributed by atoms with E-state index in [2.05, 4.69) is 4.98 Å².